The van der Waals surface area contributed by atoms with Crippen molar-refractivity contribution in [2.24, 2.45) is 0 Å². The first-order valence-electron chi connectivity index (χ1n) is 7.33. The number of fused-ring (bicyclic) bond motifs is 1. The van der Waals surface area contributed by atoms with Gasteiger partial charge in [-0.15, -0.1) is 0 Å². The average molecular weight is 310 g/mol. The van der Waals surface area contributed by atoms with E-state index in [0.717, 1.165) is 28.8 Å². The number of hydroxylamine groups is 1. The quantitative estimate of drug-likeness (QED) is 0.562. The molecule has 0 aliphatic heterocycles. The van der Waals surface area contributed by atoms with E-state index < -0.39 is 5.91 Å². The van der Waals surface area contributed by atoms with Crippen molar-refractivity contribution in [1.29, 1.82) is 0 Å². The number of aromatic nitrogens is 1. The molecule has 23 heavy (non-hydrogen) atoms. The fourth-order valence-electron chi connectivity index (χ4n) is 2.63. The molecule has 0 unspecified atom stereocenters. The summed E-state index contributed by atoms with van der Waals surface area (Å²) in [5.41, 5.74) is 4.75. The summed E-state index contributed by atoms with van der Waals surface area (Å²) in [6, 6.07) is 15.9. The van der Waals surface area contributed by atoms with Crippen molar-refractivity contribution in [3.63, 3.8) is 0 Å². The molecule has 1 heterocycles. The molecule has 5 nitrogen and oxygen atoms in total. The molecule has 2 N–H and O–H groups in total. The lowest BCUT2D eigenvalue weighted by Gasteiger charge is -2.08. The van der Waals surface area contributed by atoms with E-state index in [1.54, 1.807) is 12.6 Å². The number of hydrogen-bond donors (Lipinski definition) is 2. The highest BCUT2D eigenvalue weighted by Crippen LogP contribution is 2.20. The maximum Gasteiger partial charge on any atom is 0.247 e. The zero-order valence-electron chi connectivity index (χ0n) is 12.8. The van der Waals surface area contributed by atoms with Gasteiger partial charge in [0.25, 0.3) is 0 Å². The highest BCUT2D eigenvalue weighted by atomic mass is 16.5. The van der Waals surface area contributed by atoms with Gasteiger partial charge in [0.05, 0.1) is 13.5 Å². The van der Waals surface area contributed by atoms with Gasteiger partial charge in [0.15, 0.2) is 0 Å². The number of hydrogen-bond acceptors (Lipinski definition) is 3. The number of methoxy groups -OCH3 is 1. The zero-order chi connectivity index (χ0) is 16.2. The number of benzene rings is 2. The Bertz CT molecular complexity index is 822. The molecule has 3 rings (SSSR count). The molecule has 3 aromatic rings. The molecule has 0 aliphatic carbocycles. The Morgan fingerprint density at radius 1 is 1.13 bits per heavy atom. The molecule has 0 aliphatic rings. The minimum Gasteiger partial charge on any atom is -0.497 e. The molecule has 1 aromatic heterocycles. The minimum absolute atomic E-state index is 0.153. The molecule has 0 saturated carbocycles. The molecule has 0 atom stereocenters. The van der Waals surface area contributed by atoms with Gasteiger partial charge in [0.1, 0.15) is 5.75 Å². The van der Waals surface area contributed by atoms with Crippen molar-refractivity contribution in [2.45, 2.75) is 13.0 Å². The molecule has 2 aromatic carbocycles. The SMILES string of the molecule is COc1ccc(Cn2ccc3ccc(CC(=O)NO)cc32)cc1. The number of carbonyl (C=O) groups is 1. The van der Waals surface area contributed by atoms with Crippen molar-refractivity contribution in [1.82, 2.24) is 10.0 Å². The van der Waals surface area contributed by atoms with Gasteiger partial charge >= 0.3 is 0 Å². The minimum atomic E-state index is -0.419. The molecule has 0 bridgehead atoms. The molecular formula is C18H18N2O3. The van der Waals surface area contributed by atoms with Crippen LogP contribution in [0.1, 0.15) is 11.1 Å². The summed E-state index contributed by atoms with van der Waals surface area (Å²) in [6.45, 7) is 0.739. The van der Waals surface area contributed by atoms with E-state index in [2.05, 4.69) is 10.6 Å². The number of carbonyl (C=O) groups excluding carboxylic acids is 1. The van der Waals surface area contributed by atoms with Crippen LogP contribution < -0.4 is 10.2 Å². The van der Waals surface area contributed by atoms with Crippen LogP contribution in [-0.2, 0) is 17.8 Å². The summed E-state index contributed by atoms with van der Waals surface area (Å²) >= 11 is 0. The Morgan fingerprint density at radius 2 is 1.87 bits per heavy atom. The van der Waals surface area contributed by atoms with Gasteiger partial charge in [-0.3, -0.25) is 10.0 Å². The molecule has 0 saturated heterocycles. The number of nitrogens with one attached hydrogen (secondary N) is 1. The van der Waals surface area contributed by atoms with Gasteiger partial charge in [-0.05, 0) is 40.8 Å². The standard InChI is InChI=1S/C18H18N2O3/c1-23-16-6-3-13(4-7-16)12-20-9-8-15-5-2-14(10-17(15)20)11-18(21)19-22/h2-10,22H,11-12H2,1H3,(H,19,21). The highest BCUT2D eigenvalue weighted by Gasteiger charge is 2.06. The fraction of sp³-hybridized carbons (Fsp3) is 0.167. The summed E-state index contributed by atoms with van der Waals surface area (Å²) in [5.74, 6) is 0.418. The smallest absolute Gasteiger partial charge is 0.247 e. The Hall–Kier alpha value is -2.79. The van der Waals surface area contributed by atoms with Gasteiger partial charge in [-0.2, -0.15) is 0 Å². The van der Waals surface area contributed by atoms with Crippen molar-refractivity contribution < 1.29 is 14.7 Å². The summed E-state index contributed by atoms with van der Waals surface area (Å²) in [5, 5.41) is 9.76. The van der Waals surface area contributed by atoms with Crippen molar-refractivity contribution >= 4 is 16.8 Å². The van der Waals surface area contributed by atoms with Gasteiger partial charge in [-0.1, -0.05) is 24.3 Å². The highest BCUT2D eigenvalue weighted by molar-refractivity contribution is 5.83. The molecule has 0 fully saturated rings. The van der Waals surface area contributed by atoms with Crippen LogP contribution in [-0.4, -0.2) is 22.8 Å². The van der Waals surface area contributed by atoms with Gasteiger partial charge in [-0.25, -0.2) is 5.48 Å². The summed E-state index contributed by atoms with van der Waals surface area (Å²) < 4.78 is 7.31. The number of amides is 1. The van der Waals surface area contributed by atoms with Crippen LogP contribution in [0.15, 0.2) is 54.7 Å². The van der Waals surface area contributed by atoms with Gasteiger partial charge in [0.2, 0.25) is 5.91 Å². The molecule has 0 spiro atoms. The first-order chi connectivity index (χ1) is 11.2. The van der Waals surface area contributed by atoms with E-state index in [0.29, 0.717) is 0 Å². The Morgan fingerprint density at radius 3 is 2.57 bits per heavy atom. The normalized spacial score (nSPS) is 10.7. The van der Waals surface area contributed by atoms with Crippen LogP contribution in [0.5, 0.6) is 5.75 Å². The van der Waals surface area contributed by atoms with Crippen molar-refractivity contribution in [2.75, 3.05) is 7.11 Å². The van der Waals surface area contributed by atoms with E-state index in [1.165, 1.54) is 5.56 Å². The fourth-order valence-corrected chi connectivity index (χ4v) is 2.63. The molecule has 0 radical (unpaired) electrons. The monoisotopic (exact) mass is 310 g/mol. The second-order valence-corrected chi connectivity index (χ2v) is 5.40. The first kappa shape index (κ1) is 15.1. The maximum atomic E-state index is 11.3. The largest absolute Gasteiger partial charge is 0.497 e. The summed E-state index contributed by atoms with van der Waals surface area (Å²) in [6.07, 6.45) is 2.19. The Balaban J connectivity index is 1.87. The van der Waals surface area contributed by atoms with E-state index >= 15 is 0 Å². The Kier molecular flexibility index (Phi) is 4.30. The summed E-state index contributed by atoms with van der Waals surface area (Å²) in [4.78, 5) is 11.3. The van der Waals surface area contributed by atoms with E-state index in [-0.39, 0.29) is 6.42 Å². The number of nitrogens with zero attached hydrogens (tertiary/aromatic N) is 1. The van der Waals surface area contributed by atoms with Crippen LogP contribution >= 0.6 is 0 Å². The lowest BCUT2D eigenvalue weighted by atomic mass is 10.1. The summed E-state index contributed by atoms with van der Waals surface area (Å²) in [7, 11) is 1.65. The van der Waals surface area contributed by atoms with Crippen LogP contribution in [0.4, 0.5) is 0 Å². The van der Waals surface area contributed by atoms with E-state index in [1.807, 2.05) is 48.7 Å². The third-order valence-corrected chi connectivity index (χ3v) is 3.84. The average Bonchev–Trinajstić information content (AvgIpc) is 2.98. The third-order valence-electron chi connectivity index (χ3n) is 3.84. The lowest BCUT2D eigenvalue weighted by Crippen LogP contribution is -2.20. The molecule has 1 amide bonds. The predicted octanol–water partition coefficient (Wildman–Crippen LogP) is 2.75. The van der Waals surface area contributed by atoms with Crippen LogP contribution in [0, 0.1) is 0 Å². The maximum absolute atomic E-state index is 11.3. The van der Waals surface area contributed by atoms with Gasteiger partial charge in [0, 0.05) is 18.3 Å². The second kappa shape index (κ2) is 6.54. The number of ether oxygens (including phenoxy) is 1. The molecule has 118 valence electrons. The Labute approximate surface area is 134 Å². The zero-order valence-corrected chi connectivity index (χ0v) is 12.8. The lowest BCUT2D eigenvalue weighted by molar-refractivity contribution is -0.128. The van der Waals surface area contributed by atoms with Crippen LogP contribution in [0.25, 0.3) is 10.9 Å². The van der Waals surface area contributed by atoms with Crippen LogP contribution in [0.2, 0.25) is 0 Å². The second-order valence-electron chi connectivity index (χ2n) is 5.40. The number of rotatable bonds is 5. The first-order valence-corrected chi connectivity index (χ1v) is 7.33. The van der Waals surface area contributed by atoms with E-state index in [4.69, 9.17) is 9.94 Å². The molecule has 5 heteroatoms. The molecular weight excluding hydrogens is 292 g/mol. The predicted molar refractivity (Wildman–Crippen MR) is 87.7 cm³/mol. The third kappa shape index (κ3) is 3.35. The van der Waals surface area contributed by atoms with Gasteiger partial charge < -0.3 is 9.30 Å². The van der Waals surface area contributed by atoms with Crippen molar-refractivity contribution in [3.05, 3.63) is 65.9 Å². The topological polar surface area (TPSA) is 63.5 Å². The van der Waals surface area contributed by atoms with Crippen LogP contribution in [0.3, 0.4) is 0 Å². The van der Waals surface area contributed by atoms with Crippen molar-refractivity contribution in [3.8, 4) is 5.75 Å². The van der Waals surface area contributed by atoms with E-state index in [9.17, 15) is 4.79 Å².